The minimum absolute atomic E-state index is 0.192. The summed E-state index contributed by atoms with van der Waals surface area (Å²) in [6, 6.07) is 21.7. The fraction of sp³-hybridized carbons (Fsp3) is 0.0833. The summed E-state index contributed by atoms with van der Waals surface area (Å²) in [4.78, 5) is 17.1. The maximum absolute atomic E-state index is 12.8. The molecule has 152 valence electrons. The van der Waals surface area contributed by atoms with E-state index < -0.39 is 0 Å². The van der Waals surface area contributed by atoms with Crippen LogP contribution in [0.4, 0.5) is 0 Å². The molecule has 1 N–H and O–H groups in total. The van der Waals surface area contributed by atoms with Crippen molar-refractivity contribution in [2.24, 2.45) is 0 Å². The summed E-state index contributed by atoms with van der Waals surface area (Å²) in [5.41, 5.74) is 4.95. The van der Waals surface area contributed by atoms with Crippen LogP contribution in [0, 0.1) is 0 Å². The van der Waals surface area contributed by atoms with Gasteiger partial charge in [-0.25, -0.2) is 14.2 Å². The molecule has 5 aromatic rings. The molecule has 0 saturated heterocycles. The van der Waals surface area contributed by atoms with Crippen LogP contribution >= 0.6 is 0 Å². The molecule has 0 saturated carbocycles. The number of hydrogen-bond donors (Lipinski definition) is 1. The van der Waals surface area contributed by atoms with Gasteiger partial charge in [-0.1, -0.05) is 48.5 Å². The van der Waals surface area contributed by atoms with Crippen LogP contribution in [0.2, 0.25) is 0 Å². The maximum Gasteiger partial charge on any atom is 0.256 e. The second-order valence-corrected chi connectivity index (χ2v) is 7.12. The van der Waals surface area contributed by atoms with E-state index in [0.29, 0.717) is 24.2 Å². The lowest BCUT2D eigenvalue weighted by atomic mass is 10.1. The zero-order valence-corrected chi connectivity index (χ0v) is 16.7. The third-order valence-electron chi connectivity index (χ3n) is 5.07. The smallest absolute Gasteiger partial charge is 0.256 e. The first kappa shape index (κ1) is 18.7. The number of nitrogens with zero attached hydrogens (tertiary/aromatic N) is 5. The number of amides is 1. The lowest BCUT2D eigenvalue weighted by Crippen LogP contribution is -2.25. The molecule has 0 atom stereocenters. The van der Waals surface area contributed by atoms with Crippen molar-refractivity contribution in [3.8, 4) is 16.9 Å². The van der Waals surface area contributed by atoms with E-state index in [1.165, 1.54) is 0 Å². The Morgan fingerprint density at radius 1 is 0.903 bits per heavy atom. The first-order valence-corrected chi connectivity index (χ1v) is 10.0. The quantitative estimate of drug-likeness (QED) is 0.466. The SMILES string of the molecule is O=C(NCCc1cnn(-c2ccccc2)c1)c1cnn2c(-c3ccccc3)ccnc12. The van der Waals surface area contributed by atoms with Gasteiger partial charge >= 0.3 is 0 Å². The molecule has 1 amide bonds. The third-order valence-corrected chi connectivity index (χ3v) is 5.07. The Balaban J connectivity index is 1.28. The number of rotatable bonds is 6. The van der Waals surface area contributed by atoms with Gasteiger partial charge in [-0.2, -0.15) is 10.2 Å². The standard InChI is InChI=1S/C24H20N6O/c31-24(26-13-11-18-15-27-29(17-18)20-9-5-2-6-10-20)21-16-28-30-22(12-14-25-23(21)30)19-7-3-1-4-8-19/h1-10,12,14-17H,11,13H2,(H,26,31). The van der Waals surface area contributed by atoms with Crippen LogP contribution in [0.15, 0.2) is 91.5 Å². The van der Waals surface area contributed by atoms with Crippen molar-refractivity contribution in [1.29, 1.82) is 0 Å². The van der Waals surface area contributed by atoms with Gasteiger partial charge in [0, 0.05) is 24.5 Å². The topological polar surface area (TPSA) is 77.1 Å². The number of para-hydroxylation sites is 1. The minimum atomic E-state index is -0.192. The zero-order chi connectivity index (χ0) is 21.0. The number of carbonyl (C=O) groups excluding carboxylic acids is 1. The van der Waals surface area contributed by atoms with Crippen molar-refractivity contribution in [3.63, 3.8) is 0 Å². The number of carbonyl (C=O) groups is 1. The second kappa shape index (κ2) is 8.23. The normalized spacial score (nSPS) is 11.0. The molecule has 0 spiro atoms. The molecule has 0 fully saturated rings. The first-order valence-electron chi connectivity index (χ1n) is 10.0. The third kappa shape index (κ3) is 3.81. The highest BCUT2D eigenvalue weighted by molar-refractivity contribution is 5.99. The summed E-state index contributed by atoms with van der Waals surface area (Å²) in [6.07, 6.45) is 7.75. The number of hydrogen-bond acceptors (Lipinski definition) is 4. The number of nitrogens with one attached hydrogen (secondary N) is 1. The molecule has 7 heteroatoms. The van der Waals surface area contributed by atoms with Crippen LogP contribution in [0.1, 0.15) is 15.9 Å². The van der Waals surface area contributed by atoms with Gasteiger partial charge in [0.25, 0.3) is 5.91 Å². The van der Waals surface area contributed by atoms with Crippen LogP contribution in [0.5, 0.6) is 0 Å². The second-order valence-electron chi connectivity index (χ2n) is 7.12. The van der Waals surface area contributed by atoms with Gasteiger partial charge in [-0.05, 0) is 30.2 Å². The Bertz CT molecular complexity index is 1320. The molecule has 0 radical (unpaired) electrons. The number of fused-ring (bicyclic) bond motifs is 1. The van der Waals surface area contributed by atoms with Crippen LogP contribution in [-0.4, -0.2) is 36.8 Å². The molecule has 0 unspecified atom stereocenters. The van der Waals surface area contributed by atoms with Gasteiger partial charge in [0.05, 0.1) is 23.8 Å². The highest BCUT2D eigenvalue weighted by atomic mass is 16.1. The van der Waals surface area contributed by atoms with Crippen LogP contribution in [0.3, 0.4) is 0 Å². The molecule has 0 aliphatic carbocycles. The monoisotopic (exact) mass is 408 g/mol. The van der Waals surface area contributed by atoms with E-state index in [9.17, 15) is 4.79 Å². The fourth-order valence-corrected chi connectivity index (χ4v) is 3.51. The van der Waals surface area contributed by atoms with Gasteiger partial charge in [0.2, 0.25) is 0 Å². The summed E-state index contributed by atoms with van der Waals surface area (Å²) in [6.45, 7) is 0.495. The predicted molar refractivity (Wildman–Crippen MR) is 118 cm³/mol. The molecule has 31 heavy (non-hydrogen) atoms. The van der Waals surface area contributed by atoms with Crippen molar-refractivity contribution in [2.75, 3.05) is 6.54 Å². The number of benzene rings is 2. The van der Waals surface area contributed by atoms with E-state index in [-0.39, 0.29) is 5.91 Å². The average molecular weight is 408 g/mol. The summed E-state index contributed by atoms with van der Waals surface area (Å²) in [7, 11) is 0. The lowest BCUT2D eigenvalue weighted by Gasteiger charge is -2.05. The van der Waals surface area contributed by atoms with Crippen molar-refractivity contribution in [3.05, 3.63) is 103 Å². The summed E-state index contributed by atoms with van der Waals surface area (Å²) >= 11 is 0. The molecule has 3 heterocycles. The predicted octanol–water partition coefficient (Wildman–Crippen LogP) is 3.55. The fourth-order valence-electron chi connectivity index (χ4n) is 3.51. The minimum Gasteiger partial charge on any atom is -0.352 e. The van der Waals surface area contributed by atoms with Crippen LogP contribution in [0.25, 0.3) is 22.6 Å². The van der Waals surface area contributed by atoms with E-state index in [2.05, 4.69) is 20.5 Å². The summed E-state index contributed by atoms with van der Waals surface area (Å²) in [5, 5.41) is 11.8. The van der Waals surface area contributed by atoms with E-state index >= 15 is 0 Å². The molecule has 0 bridgehead atoms. The molecule has 3 aromatic heterocycles. The average Bonchev–Trinajstić information content (AvgIpc) is 3.47. The van der Waals surface area contributed by atoms with E-state index in [4.69, 9.17) is 0 Å². The van der Waals surface area contributed by atoms with Gasteiger partial charge < -0.3 is 5.32 Å². The molecule has 7 nitrogen and oxygen atoms in total. The van der Waals surface area contributed by atoms with Gasteiger partial charge in [0.1, 0.15) is 5.56 Å². The Hall–Kier alpha value is -4.26. The Kier molecular flexibility index (Phi) is 4.98. The van der Waals surface area contributed by atoms with Crippen molar-refractivity contribution in [2.45, 2.75) is 6.42 Å². The first-order chi connectivity index (χ1) is 15.3. The molecular weight excluding hydrogens is 388 g/mol. The molecule has 5 rings (SSSR count). The van der Waals surface area contributed by atoms with Gasteiger partial charge in [-0.15, -0.1) is 0 Å². The van der Waals surface area contributed by atoms with Crippen LogP contribution in [-0.2, 0) is 6.42 Å². The largest absolute Gasteiger partial charge is 0.352 e. The summed E-state index contributed by atoms with van der Waals surface area (Å²) < 4.78 is 3.53. The highest BCUT2D eigenvalue weighted by Crippen LogP contribution is 2.20. The highest BCUT2D eigenvalue weighted by Gasteiger charge is 2.16. The molecule has 2 aromatic carbocycles. The van der Waals surface area contributed by atoms with E-state index in [0.717, 1.165) is 22.5 Å². The Morgan fingerprint density at radius 2 is 1.68 bits per heavy atom. The molecule has 0 aliphatic rings. The lowest BCUT2D eigenvalue weighted by molar-refractivity contribution is 0.0955. The summed E-state index contributed by atoms with van der Waals surface area (Å²) in [5.74, 6) is -0.192. The molecule has 0 aliphatic heterocycles. The van der Waals surface area contributed by atoms with Gasteiger partial charge in [-0.3, -0.25) is 4.79 Å². The van der Waals surface area contributed by atoms with E-state index in [1.54, 1.807) is 16.9 Å². The van der Waals surface area contributed by atoms with E-state index in [1.807, 2.05) is 83.8 Å². The van der Waals surface area contributed by atoms with Crippen molar-refractivity contribution >= 4 is 11.6 Å². The van der Waals surface area contributed by atoms with Crippen LogP contribution < -0.4 is 5.32 Å². The number of aromatic nitrogens is 5. The van der Waals surface area contributed by atoms with Crippen molar-refractivity contribution in [1.82, 2.24) is 29.7 Å². The van der Waals surface area contributed by atoms with Gasteiger partial charge in [0.15, 0.2) is 5.65 Å². The Labute approximate surface area is 179 Å². The molecular formula is C24H20N6O. The van der Waals surface area contributed by atoms with Crippen molar-refractivity contribution < 1.29 is 4.79 Å². The Morgan fingerprint density at radius 3 is 2.48 bits per heavy atom. The maximum atomic E-state index is 12.8. The zero-order valence-electron chi connectivity index (χ0n) is 16.7.